The number of hydrogen-bond donors (Lipinski definition) is 1. The second kappa shape index (κ2) is 6.42. The van der Waals surface area contributed by atoms with Crippen LogP contribution in [0.3, 0.4) is 0 Å². The summed E-state index contributed by atoms with van der Waals surface area (Å²) in [5, 5.41) is 13.4. The number of para-hydroxylation sites is 1. The van der Waals surface area contributed by atoms with E-state index in [1.165, 1.54) is 0 Å². The van der Waals surface area contributed by atoms with Crippen molar-refractivity contribution >= 4 is 16.7 Å². The van der Waals surface area contributed by atoms with E-state index in [-0.39, 0.29) is 0 Å². The van der Waals surface area contributed by atoms with Crippen LogP contribution in [0, 0.1) is 23.7 Å². The Balaban J connectivity index is 2.13. The maximum absolute atomic E-state index is 9.16. The van der Waals surface area contributed by atoms with Gasteiger partial charge in [0.15, 0.2) is 0 Å². The molecule has 1 aromatic carbocycles. The van der Waals surface area contributed by atoms with Crippen molar-refractivity contribution in [2.24, 2.45) is 0 Å². The third kappa shape index (κ3) is 3.24. The number of terminal acetylenes is 1. The van der Waals surface area contributed by atoms with Gasteiger partial charge in [0, 0.05) is 18.4 Å². The third-order valence-corrected chi connectivity index (χ3v) is 2.88. The van der Waals surface area contributed by atoms with E-state index in [4.69, 9.17) is 11.7 Å². The lowest BCUT2D eigenvalue weighted by Crippen LogP contribution is -2.05. The summed E-state index contributed by atoms with van der Waals surface area (Å²) in [5.41, 5.74) is 1.48. The molecule has 0 fully saturated rings. The Morgan fingerprint density at radius 2 is 2.11 bits per heavy atom. The van der Waals surface area contributed by atoms with Gasteiger partial charge in [-0.1, -0.05) is 18.2 Å². The number of rotatable bonds is 5. The molecule has 94 valence electrons. The molecule has 3 nitrogen and oxygen atoms in total. The second-order valence-corrected chi connectivity index (χ2v) is 4.28. The Labute approximate surface area is 113 Å². The molecular weight excluding hydrogens is 234 g/mol. The Kier molecular flexibility index (Phi) is 4.37. The molecule has 0 aliphatic heterocycles. The predicted octanol–water partition coefficient (Wildman–Crippen LogP) is 3.32. The van der Waals surface area contributed by atoms with E-state index in [1.54, 1.807) is 0 Å². The van der Waals surface area contributed by atoms with Gasteiger partial charge >= 0.3 is 0 Å². The van der Waals surface area contributed by atoms with Gasteiger partial charge in [-0.3, -0.25) is 0 Å². The van der Waals surface area contributed by atoms with E-state index >= 15 is 0 Å². The van der Waals surface area contributed by atoms with Crippen molar-refractivity contribution in [3.63, 3.8) is 0 Å². The minimum absolute atomic E-state index is 0.579. The number of pyridine rings is 1. The molecule has 0 unspecified atom stereocenters. The summed E-state index contributed by atoms with van der Waals surface area (Å²) in [6.45, 7) is 0.779. The van der Waals surface area contributed by atoms with Crippen LogP contribution < -0.4 is 5.32 Å². The number of unbranched alkanes of at least 4 members (excludes halogenated alkanes) is 2. The first-order chi connectivity index (χ1) is 9.35. The summed E-state index contributed by atoms with van der Waals surface area (Å²) in [5.74, 6) is 3.27. The van der Waals surface area contributed by atoms with Crippen LogP contribution in [0.5, 0.6) is 0 Å². The van der Waals surface area contributed by atoms with E-state index in [2.05, 4.69) is 22.3 Å². The van der Waals surface area contributed by atoms with Gasteiger partial charge in [-0.15, -0.1) is 12.3 Å². The lowest BCUT2D eigenvalue weighted by Gasteiger charge is -2.08. The number of fused-ring (bicyclic) bond motifs is 1. The van der Waals surface area contributed by atoms with Crippen molar-refractivity contribution in [1.82, 2.24) is 4.98 Å². The van der Waals surface area contributed by atoms with Crippen molar-refractivity contribution in [1.29, 1.82) is 5.26 Å². The van der Waals surface area contributed by atoms with Crippen LogP contribution in [0.1, 0.15) is 24.8 Å². The number of benzene rings is 1. The molecule has 0 saturated heterocycles. The molecular formula is C16H15N3. The van der Waals surface area contributed by atoms with Gasteiger partial charge in [-0.05, 0) is 25.0 Å². The Morgan fingerprint density at radius 1 is 1.26 bits per heavy atom. The van der Waals surface area contributed by atoms with Gasteiger partial charge < -0.3 is 5.32 Å². The average Bonchev–Trinajstić information content (AvgIpc) is 2.46. The zero-order valence-electron chi connectivity index (χ0n) is 10.7. The van der Waals surface area contributed by atoms with Gasteiger partial charge in [-0.2, -0.15) is 5.26 Å². The van der Waals surface area contributed by atoms with E-state index < -0.39 is 0 Å². The minimum Gasteiger partial charge on any atom is -0.369 e. The lowest BCUT2D eigenvalue weighted by molar-refractivity contribution is 0.787. The van der Waals surface area contributed by atoms with Crippen LogP contribution in [0.15, 0.2) is 30.3 Å². The highest BCUT2D eigenvalue weighted by molar-refractivity contribution is 5.82. The van der Waals surface area contributed by atoms with E-state index in [0.717, 1.165) is 36.7 Å². The first-order valence-electron chi connectivity index (χ1n) is 6.32. The largest absolute Gasteiger partial charge is 0.369 e. The molecule has 2 aromatic rings. The highest BCUT2D eigenvalue weighted by Crippen LogP contribution is 2.19. The van der Waals surface area contributed by atoms with Gasteiger partial charge in [0.2, 0.25) is 0 Å². The van der Waals surface area contributed by atoms with Crippen LogP contribution in [0.4, 0.5) is 5.82 Å². The number of nitrogens with one attached hydrogen (secondary N) is 1. The number of aromatic nitrogens is 1. The molecule has 1 heterocycles. The SMILES string of the molecule is C#CCCCCNc1nc2ccccc2cc1C#N. The Bertz CT molecular complexity index is 647. The van der Waals surface area contributed by atoms with Crippen molar-refractivity contribution in [3.8, 4) is 18.4 Å². The van der Waals surface area contributed by atoms with Gasteiger partial charge in [0.05, 0.1) is 11.1 Å². The summed E-state index contributed by atoms with van der Waals surface area (Å²) >= 11 is 0. The number of nitriles is 1. The molecule has 19 heavy (non-hydrogen) atoms. The molecule has 0 radical (unpaired) electrons. The van der Waals surface area contributed by atoms with Gasteiger partial charge in [0.1, 0.15) is 11.9 Å². The van der Waals surface area contributed by atoms with Gasteiger partial charge in [0.25, 0.3) is 0 Å². The lowest BCUT2D eigenvalue weighted by atomic mass is 10.1. The normalized spacial score (nSPS) is 9.79. The summed E-state index contributed by atoms with van der Waals surface area (Å²) < 4.78 is 0. The molecule has 0 spiro atoms. The maximum Gasteiger partial charge on any atom is 0.144 e. The molecule has 2 rings (SSSR count). The number of hydrogen-bond acceptors (Lipinski definition) is 3. The monoisotopic (exact) mass is 249 g/mol. The maximum atomic E-state index is 9.16. The fourth-order valence-corrected chi connectivity index (χ4v) is 1.89. The van der Waals surface area contributed by atoms with Crippen LogP contribution >= 0.6 is 0 Å². The number of anilines is 1. The van der Waals surface area contributed by atoms with Gasteiger partial charge in [-0.25, -0.2) is 4.98 Å². The molecule has 1 aromatic heterocycles. The topological polar surface area (TPSA) is 48.7 Å². The molecule has 0 bridgehead atoms. The van der Waals surface area contributed by atoms with E-state index in [9.17, 15) is 0 Å². The molecule has 0 aliphatic rings. The van der Waals surface area contributed by atoms with Crippen molar-refractivity contribution < 1.29 is 0 Å². The fraction of sp³-hybridized carbons (Fsp3) is 0.250. The predicted molar refractivity (Wildman–Crippen MR) is 77.6 cm³/mol. The first-order valence-corrected chi connectivity index (χ1v) is 6.32. The molecule has 3 heteroatoms. The first kappa shape index (κ1) is 12.9. The Morgan fingerprint density at radius 3 is 2.89 bits per heavy atom. The fourth-order valence-electron chi connectivity index (χ4n) is 1.89. The zero-order chi connectivity index (χ0) is 13.5. The molecule has 0 saturated carbocycles. The van der Waals surface area contributed by atoms with Crippen molar-refractivity contribution in [3.05, 3.63) is 35.9 Å². The van der Waals surface area contributed by atoms with E-state index in [1.807, 2.05) is 30.3 Å². The molecule has 0 aliphatic carbocycles. The standard InChI is InChI=1S/C16H15N3/c1-2-3-4-7-10-18-16-14(12-17)11-13-8-5-6-9-15(13)19-16/h1,5-6,8-9,11H,3-4,7,10H2,(H,18,19). The van der Waals surface area contributed by atoms with Crippen LogP contribution in [0.25, 0.3) is 10.9 Å². The summed E-state index contributed by atoms with van der Waals surface area (Å²) in [6.07, 6.45) is 7.95. The summed E-state index contributed by atoms with van der Waals surface area (Å²) in [7, 11) is 0. The Hall–Kier alpha value is -2.52. The van der Waals surface area contributed by atoms with Crippen LogP contribution in [-0.2, 0) is 0 Å². The van der Waals surface area contributed by atoms with E-state index in [0.29, 0.717) is 11.4 Å². The van der Waals surface area contributed by atoms with Crippen molar-refractivity contribution in [2.75, 3.05) is 11.9 Å². The highest BCUT2D eigenvalue weighted by Gasteiger charge is 2.05. The number of nitrogens with zero attached hydrogens (tertiary/aromatic N) is 2. The smallest absolute Gasteiger partial charge is 0.144 e. The highest BCUT2D eigenvalue weighted by atomic mass is 15.0. The third-order valence-electron chi connectivity index (χ3n) is 2.88. The second-order valence-electron chi connectivity index (χ2n) is 4.28. The molecule has 1 N–H and O–H groups in total. The molecule has 0 amide bonds. The quantitative estimate of drug-likeness (QED) is 0.653. The minimum atomic E-state index is 0.579. The van der Waals surface area contributed by atoms with Crippen LogP contribution in [-0.4, -0.2) is 11.5 Å². The summed E-state index contributed by atoms with van der Waals surface area (Å²) in [6, 6.07) is 11.8. The van der Waals surface area contributed by atoms with Crippen LogP contribution in [0.2, 0.25) is 0 Å². The average molecular weight is 249 g/mol. The zero-order valence-corrected chi connectivity index (χ0v) is 10.7. The van der Waals surface area contributed by atoms with Crippen molar-refractivity contribution in [2.45, 2.75) is 19.3 Å². The molecule has 0 atom stereocenters. The summed E-state index contributed by atoms with van der Waals surface area (Å²) in [4.78, 5) is 4.49.